The number of rotatable bonds is 1. The predicted octanol–water partition coefficient (Wildman–Crippen LogP) is 2.52. The topological polar surface area (TPSA) is 26.0 Å². The maximum absolute atomic E-state index is 12.2. The standard InChI is InChI=1S/C10H10F3N/c11-10(12,13)7-3-1-6(2-4-7)8-5-9(8)14/h1-4,8-9H,5,14H2. The van der Waals surface area contributed by atoms with Crippen molar-refractivity contribution >= 4 is 0 Å². The largest absolute Gasteiger partial charge is 0.416 e. The summed E-state index contributed by atoms with van der Waals surface area (Å²) in [5, 5.41) is 0. The molecule has 2 N–H and O–H groups in total. The molecule has 1 aliphatic carbocycles. The highest BCUT2D eigenvalue weighted by Gasteiger charge is 2.36. The first-order chi connectivity index (χ1) is 6.48. The Bertz CT molecular complexity index is 328. The van der Waals surface area contributed by atoms with Crippen molar-refractivity contribution in [3.05, 3.63) is 35.4 Å². The number of hydrogen-bond acceptors (Lipinski definition) is 1. The van der Waals surface area contributed by atoms with Crippen molar-refractivity contribution in [3.63, 3.8) is 0 Å². The van der Waals surface area contributed by atoms with Crippen molar-refractivity contribution in [2.24, 2.45) is 5.73 Å². The van der Waals surface area contributed by atoms with E-state index in [1.54, 1.807) is 0 Å². The summed E-state index contributed by atoms with van der Waals surface area (Å²) in [6, 6.07) is 5.38. The molecule has 2 rings (SSSR count). The van der Waals surface area contributed by atoms with Crippen molar-refractivity contribution in [1.82, 2.24) is 0 Å². The van der Waals surface area contributed by atoms with Crippen LogP contribution in [0.5, 0.6) is 0 Å². The van der Waals surface area contributed by atoms with Gasteiger partial charge >= 0.3 is 6.18 Å². The molecular weight excluding hydrogens is 191 g/mol. The van der Waals surface area contributed by atoms with Crippen molar-refractivity contribution in [3.8, 4) is 0 Å². The minimum Gasteiger partial charge on any atom is -0.327 e. The summed E-state index contributed by atoms with van der Waals surface area (Å²) in [4.78, 5) is 0. The fourth-order valence-electron chi connectivity index (χ4n) is 1.52. The van der Waals surface area contributed by atoms with E-state index in [9.17, 15) is 13.2 Å². The molecule has 1 aliphatic rings. The first-order valence-electron chi connectivity index (χ1n) is 4.41. The van der Waals surface area contributed by atoms with Gasteiger partial charge in [-0.15, -0.1) is 0 Å². The highest BCUT2D eigenvalue weighted by Crippen LogP contribution is 2.39. The fourth-order valence-corrected chi connectivity index (χ4v) is 1.52. The quantitative estimate of drug-likeness (QED) is 0.742. The van der Waals surface area contributed by atoms with Gasteiger partial charge in [0.2, 0.25) is 0 Å². The maximum Gasteiger partial charge on any atom is 0.416 e. The van der Waals surface area contributed by atoms with Crippen molar-refractivity contribution < 1.29 is 13.2 Å². The summed E-state index contributed by atoms with van der Waals surface area (Å²) < 4.78 is 36.6. The van der Waals surface area contributed by atoms with Crippen molar-refractivity contribution in [2.75, 3.05) is 0 Å². The zero-order valence-electron chi connectivity index (χ0n) is 7.38. The van der Waals surface area contributed by atoms with E-state index in [0.717, 1.165) is 24.1 Å². The molecule has 0 heterocycles. The number of nitrogens with two attached hydrogens (primary N) is 1. The second-order valence-corrected chi connectivity index (χ2v) is 3.63. The summed E-state index contributed by atoms with van der Waals surface area (Å²) in [6.07, 6.45) is -3.37. The van der Waals surface area contributed by atoms with Crippen LogP contribution in [0.3, 0.4) is 0 Å². The Labute approximate surface area is 79.7 Å². The van der Waals surface area contributed by atoms with Gasteiger partial charge in [0, 0.05) is 12.0 Å². The van der Waals surface area contributed by atoms with Crippen molar-refractivity contribution in [1.29, 1.82) is 0 Å². The molecule has 0 amide bonds. The summed E-state index contributed by atoms with van der Waals surface area (Å²) in [7, 11) is 0. The van der Waals surface area contributed by atoms with Crippen LogP contribution in [0.2, 0.25) is 0 Å². The Balaban J connectivity index is 2.18. The summed E-state index contributed by atoms with van der Waals surface area (Å²) >= 11 is 0. The van der Waals surface area contributed by atoms with Crippen LogP contribution in [0.15, 0.2) is 24.3 Å². The zero-order chi connectivity index (χ0) is 10.3. The van der Waals surface area contributed by atoms with Crippen LogP contribution in [0.1, 0.15) is 23.5 Å². The minimum atomic E-state index is -4.25. The average Bonchev–Trinajstić information content (AvgIpc) is 2.81. The summed E-state index contributed by atoms with van der Waals surface area (Å²) in [5.41, 5.74) is 5.91. The second kappa shape index (κ2) is 2.98. The third-order valence-electron chi connectivity index (χ3n) is 2.51. The molecule has 2 atom stereocenters. The van der Waals surface area contributed by atoms with E-state index >= 15 is 0 Å². The molecule has 0 aromatic heterocycles. The van der Waals surface area contributed by atoms with Crippen LogP contribution in [0.4, 0.5) is 13.2 Å². The van der Waals surface area contributed by atoms with Crippen LogP contribution < -0.4 is 5.73 Å². The lowest BCUT2D eigenvalue weighted by atomic mass is 10.1. The molecule has 2 unspecified atom stereocenters. The molecular formula is C10H10F3N. The van der Waals surface area contributed by atoms with Gasteiger partial charge in [0.1, 0.15) is 0 Å². The molecule has 0 radical (unpaired) electrons. The molecule has 4 heteroatoms. The van der Waals surface area contributed by atoms with E-state index in [0.29, 0.717) is 0 Å². The fraction of sp³-hybridized carbons (Fsp3) is 0.400. The Morgan fingerprint density at radius 2 is 1.64 bits per heavy atom. The lowest BCUT2D eigenvalue weighted by Gasteiger charge is -2.06. The number of alkyl halides is 3. The molecule has 1 fully saturated rings. The van der Waals surface area contributed by atoms with Gasteiger partial charge in [-0.3, -0.25) is 0 Å². The van der Waals surface area contributed by atoms with E-state index < -0.39 is 11.7 Å². The first kappa shape index (κ1) is 9.52. The van der Waals surface area contributed by atoms with Crippen LogP contribution in [0, 0.1) is 0 Å². The van der Waals surface area contributed by atoms with E-state index in [-0.39, 0.29) is 12.0 Å². The summed E-state index contributed by atoms with van der Waals surface area (Å²) in [6.45, 7) is 0. The van der Waals surface area contributed by atoms with Gasteiger partial charge < -0.3 is 5.73 Å². The Morgan fingerprint density at radius 1 is 1.14 bits per heavy atom. The molecule has 76 valence electrons. The molecule has 14 heavy (non-hydrogen) atoms. The third kappa shape index (κ3) is 1.75. The van der Waals surface area contributed by atoms with E-state index in [1.807, 2.05) is 0 Å². The molecule has 0 bridgehead atoms. The van der Waals surface area contributed by atoms with Gasteiger partial charge in [-0.2, -0.15) is 13.2 Å². The Morgan fingerprint density at radius 3 is 2.00 bits per heavy atom. The Hall–Kier alpha value is -1.03. The smallest absolute Gasteiger partial charge is 0.327 e. The van der Waals surface area contributed by atoms with Crippen molar-refractivity contribution in [2.45, 2.75) is 24.6 Å². The lowest BCUT2D eigenvalue weighted by molar-refractivity contribution is -0.137. The molecule has 1 aromatic rings. The highest BCUT2D eigenvalue weighted by atomic mass is 19.4. The van der Waals surface area contributed by atoms with Crippen LogP contribution in [-0.2, 0) is 6.18 Å². The summed E-state index contributed by atoms with van der Waals surface area (Å²) in [5.74, 6) is 0.261. The third-order valence-corrected chi connectivity index (χ3v) is 2.51. The van der Waals surface area contributed by atoms with E-state index in [1.165, 1.54) is 12.1 Å². The van der Waals surface area contributed by atoms with Gasteiger partial charge in [0.15, 0.2) is 0 Å². The van der Waals surface area contributed by atoms with Crippen LogP contribution >= 0.6 is 0 Å². The molecule has 1 nitrogen and oxygen atoms in total. The average molecular weight is 201 g/mol. The lowest BCUT2D eigenvalue weighted by Crippen LogP contribution is -2.05. The molecule has 1 saturated carbocycles. The number of benzene rings is 1. The van der Waals surface area contributed by atoms with Gasteiger partial charge in [-0.1, -0.05) is 12.1 Å². The van der Waals surface area contributed by atoms with Gasteiger partial charge in [0.05, 0.1) is 5.56 Å². The maximum atomic E-state index is 12.2. The zero-order valence-corrected chi connectivity index (χ0v) is 7.38. The SMILES string of the molecule is NC1CC1c1ccc(C(F)(F)F)cc1. The molecule has 0 aliphatic heterocycles. The highest BCUT2D eigenvalue weighted by molar-refractivity contribution is 5.31. The second-order valence-electron chi connectivity index (χ2n) is 3.63. The predicted molar refractivity (Wildman–Crippen MR) is 46.8 cm³/mol. The van der Waals surface area contributed by atoms with Gasteiger partial charge in [-0.25, -0.2) is 0 Å². The monoisotopic (exact) mass is 201 g/mol. The number of halogens is 3. The van der Waals surface area contributed by atoms with Crippen LogP contribution in [-0.4, -0.2) is 6.04 Å². The molecule has 0 spiro atoms. The van der Waals surface area contributed by atoms with Gasteiger partial charge in [-0.05, 0) is 24.1 Å². The van der Waals surface area contributed by atoms with E-state index in [2.05, 4.69) is 0 Å². The van der Waals surface area contributed by atoms with Gasteiger partial charge in [0.25, 0.3) is 0 Å². The minimum absolute atomic E-state index is 0.131. The van der Waals surface area contributed by atoms with E-state index in [4.69, 9.17) is 5.73 Å². The van der Waals surface area contributed by atoms with Crippen LogP contribution in [0.25, 0.3) is 0 Å². The Kier molecular flexibility index (Phi) is 2.03. The molecule has 0 saturated heterocycles. The normalized spacial score (nSPS) is 26.3. The molecule has 1 aromatic carbocycles. The number of hydrogen-bond donors (Lipinski definition) is 1. The first-order valence-corrected chi connectivity index (χ1v) is 4.41.